The van der Waals surface area contributed by atoms with Crippen LogP contribution in [-0.4, -0.2) is 38.0 Å². The molecule has 0 radical (unpaired) electrons. The van der Waals surface area contributed by atoms with E-state index in [9.17, 15) is 9.59 Å². The highest BCUT2D eigenvalue weighted by Crippen LogP contribution is 2.19. The summed E-state index contributed by atoms with van der Waals surface area (Å²) in [6, 6.07) is 9.52. The van der Waals surface area contributed by atoms with E-state index in [-0.39, 0.29) is 23.9 Å². The molecule has 0 saturated carbocycles. The Hall–Kier alpha value is -3.42. The zero-order valence-electron chi connectivity index (χ0n) is 14.8. The first kappa shape index (κ1) is 17.4. The van der Waals surface area contributed by atoms with Gasteiger partial charge in [-0.3, -0.25) is 9.48 Å². The third kappa shape index (κ3) is 3.21. The van der Waals surface area contributed by atoms with Gasteiger partial charge < -0.3 is 10.1 Å². The van der Waals surface area contributed by atoms with Crippen LogP contribution in [0.25, 0.3) is 5.69 Å². The van der Waals surface area contributed by atoms with E-state index < -0.39 is 5.97 Å². The van der Waals surface area contributed by atoms with E-state index in [2.05, 4.69) is 15.5 Å². The molecule has 1 N–H and O–H groups in total. The summed E-state index contributed by atoms with van der Waals surface area (Å²) in [6.07, 6.45) is 2.87. The summed E-state index contributed by atoms with van der Waals surface area (Å²) in [7, 11) is 1.64. The third-order valence-corrected chi connectivity index (χ3v) is 3.92. The first-order chi connectivity index (χ1) is 12.5. The second-order valence-electron chi connectivity index (χ2n) is 5.60. The van der Waals surface area contributed by atoms with Crippen molar-refractivity contribution in [2.24, 2.45) is 7.05 Å². The van der Waals surface area contributed by atoms with Crippen molar-refractivity contribution < 1.29 is 14.3 Å². The Labute approximate surface area is 150 Å². The number of aromatic nitrogens is 4. The first-order valence-corrected chi connectivity index (χ1v) is 8.13. The highest BCUT2D eigenvalue weighted by atomic mass is 16.5. The van der Waals surface area contributed by atoms with Gasteiger partial charge in [0.2, 0.25) is 0 Å². The topological polar surface area (TPSA) is 91.0 Å². The van der Waals surface area contributed by atoms with Crippen LogP contribution in [0, 0.1) is 6.92 Å². The van der Waals surface area contributed by atoms with E-state index in [1.807, 2.05) is 37.3 Å². The summed E-state index contributed by atoms with van der Waals surface area (Å²) in [4.78, 5) is 24.7. The third-order valence-electron chi connectivity index (χ3n) is 3.92. The predicted octanol–water partition coefficient (Wildman–Crippen LogP) is 2.34. The maximum Gasteiger partial charge on any atom is 0.343 e. The highest BCUT2D eigenvalue weighted by molar-refractivity contribution is 6.07. The quantitative estimate of drug-likeness (QED) is 0.711. The van der Waals surface area contributed by atoms with Gasteiger partial charge in [0.25, 0.3) is 5.91 Å². The summed E-state index contributed by atoms with van der Waals surface area (Å²) in [5.74, 6) is -0.633. The van der Waals surface area contributed by atoms with Crippen molar-refractivity contribution in [1.29, 1.82) is 0 Å². The van der Waals surface area contributed by atoms with E-state index in [1.54, 1.807) is 18.7 Å². The number of benzene rings is 1. The van der Waals surface area contributed by atoms with Gasteiger partial charge in [-0.05, 0) is 26.0 Å². The summed E-state index contributed by atoms with van der Waals surface area (Å²) < 4.78 is 8.10. The Morgan fingerprint density at radius 1 is 1.12 bits per heavy atom. The number of para-hydroxylation sites is 1. The van der Waals surface area contributed by atoms with Crippen LogP contribution in [-0.2, 0) is 11.8 Å². The molecule has 1 aromatic carbocycles. The van der Waals surface area contributed by atoms with Gasteiger partial charge in [-0.15, -0.1) is 0 Å². The van der Waals surface area contributed by atoms with Crippen molar-refractivity contribution in [3.63, 3.8) is 0 Å². The van der Waals surface area contributed by atoms with Gasteiger partial charge in [-0.25, -0.2) is 9.48 Å². The van der Waals surface area contributed by atoms with Crippen molar-refractivity contribution in [1.82, 2.24) is 19.6 Å². The fraction of sp³-hybridized carbons (Fsp3) is 0.222. The van der Waals surface area contributed by atoms with E-state index in [1.165, 1.54) is 17.1 Å². The summed E-state index contributed by atoms with van der Waals surface area (Å²) in [5.41, 5.74) is 2.16. The maximum atomic E-state index is 12.7. The lowest BCUT2D eigenvalue weighted by Gasteiger charge is -2.08. The minimum atomic E-state index is -0.535. The number of anilines is 1. The van der Waals surface area contributed by atoms with Crippen LogP contribution >= 0.6 is 0 Å². The van der Waals surface area contributed by atoms with Crippen LogP contribution in [0.5, 0.6) is 0 Å². The van der Waals surface area contributed by atoms with Crippen LogP contribution in [0.1, 0.15) is 33.3 Å². The van der Waals surface area contributed by atoms with Crippen molar-refractivity contribution in [2.45, 2.75) is 13.8 Å². The molecule has 0 aliphatic heterocycles. The number of aryl methyl sites for hydroxylation is 1. The predicted molar refractivity (Wildman–Crippen MR) is 95.4 cm³/mol. The van der Waals surface area contributed by atoms with E-state index >= 15 is 0 Å². The Balaban J connectivity index is 1.87. The van der Waals surface area contributed by atoms with Crippen LogP contribution in [0.2, 0.25) is 0 Å². The largest absolute Gasteiger partial charge is 0.462 e. The number of nitrogens with one attached hydrogen (secondary N) is 1. The van der Waals surface area contributed by atoms with Crippen molar-refractivity contribution in [3.05, 3.63) is 59.5 Å². The molecule has 0 unspecified atom stereocenters. The molecule has 0 aliphatic carbocycles. The lowest BCUT2D eigenvalue weighted by molar-refractivity contribution is 0.0527. The summed E-state index contributed by atoms with van der Waals surface area (Å²) in [6.45, 7) is 3.77. The van der Waals surface area contributed by atoms with Gasteiger partial charge in [0.05, 0.1) is 35.9 Å². The molecule has 0 atom stereocenters. The molecule has 0 fully saturated rings. The smallest absolute Gasteiger partial charge is 0.343 e. The van der Waals surface area contributed by atoms with Crippen molar-refractivity contribution >= 4 is 17.7 Å². The fourth-order valence-corrected chi connectivity index (χ4v) is 2.58. The Morgan fingerprint density at radius 2 is 1.81 bits per heavy atom. The molecule has 1 amide bonds. The molecular formula is C18H19N5O3. The molecular weight excluding hydrogens is 334 g/mol. The van der Waals surface area contributed by atoms with E-state index in [4.69, 9.17) is 4.74 Å². The first-order valence-electron chi connectivity index (χ1n) is 8.13. The monoisotopic (exact) mass is 353 g/mol. The van der Waals surface area contributed by atoms with Crippen LogP contribution in [0.15, 0.2) is 42.7 Å². The number of ether oxygens (including phenoxy) is 1. The normalized spacial score (nSPS) is 10.6. The minimum absolute atomic E-state index is 0.204. The van der Waals surface area contributed by atoms with Gasteiger partial charge in [0.15, 0.2) is 0 Å². The Kier molecular flexibility index (Phi) is 4.83. The number of amides is 1. The van der Waals surface area contributed by atoms with Crippen LogP contribution in [0.4, 0.5) is 5.82 Å². The summed E-state index contributed by atoms with van der Waals surface area (Å²) in [5, 5.41) is 11.0. The maximum absolute atomic E-state index is 12.7. The van der Waals surface area contributed by atoms with Crippen LogP contribution < -0.4 is 5.32 Å². The van der Waals surface area contributed by atoms with Crippen molar-refractivity contribution in [3.8, 4) is 5.69 Å². The lowest BCUT2D eigenvalue weighted by atomic mass is 10.2. The highest BCUT2D eigenvalue weighted by Gasteiger charge is 2.22. The molecule has 0 spiro atoms. The average molecular weight is 353 g/mol. The lowest BCUT2D eigenvalue weighted by Crippen LogP contribution is -2.18. The summed E-state index contributed by atoms with van der Waals surface area (Å²) >= 11 is 0. The molecule has 2 heterocycles. The number of carbonyl (C=O) groups is 2. The zero-order valence-corrected chi connectivity index (χ0v) is 14.8. The molecule has 134 valence electrons. The van der Waals surface area contributed by atoms with Crippen molar-refractivity contribution in [2.75, 3.05) is 11.9 Å². The Morgan fingerprint density at radius 3 is 2.50 bits per heavy atom. The number of hydrogen-bond donors (Lipinski definition) is 1. The number of carbonyl (C=O) groups excluding carboxylic acids is 2. The number of hydrogen-bond acceptors (Lipinski definition) is 5. The van der Waals surface area contributed by atoms with Gasteiger partial charge in [0, 0.05) is 7.05 Å². The SMILES string of the molecule is CCOC(=O)c1cnn(C)c1NC(=O)c1cnn(-c2ccccc2)c1C. The molecule has 8 heteroatoms. The zero-order chi connectivity index (χ0) is 18.7. The molecule has 3 rings (SSSR count). The average Bonchev–Trinajstić information content (AvgIpc) is 3.19. The molecule has 0 saturated heterocycles. The number of nitrogens with zero attached hydrogens (tertiary/aromatic N) is 4. The van der Waals surface area contributed by atoms with E-state index in [0.29, 0.717) is 11.3 Å². The van der Waals surface area contributed by atoms with E-state index in [0.717, 1.165) is 5.69 Å². The van der Waals surface area contributed by atoms with Gasteiger partial charge >= 0.3 is 5.97 Å². The standard InChI is InChI=1S/C18H19N5O3/c1-4-26-18(25)15-11-19-22(3)16(15)21-17(24)14-10-20-23(12(14)2)13-8-6-5-7-9-13/h5-11H,4H2,1-3H3,(H,21,24). The second-order valence-corrected chi connectivity index (χ2v) is 5.60. The fourth-order valence-electron chi connectivity index (χ4n) is 2.58. The molecule has 3 aromatic rings. The molecule has 2 aromatic heterocycles. The van der Waals surface area contributed by atoms with Crippen LogP contribution in [0.3, 0.4) is 0 Å². The molecule has 26 heavy (non-hydrogen) atoms. The molecule has 0 bridgehead atoms. The number of rotatable bonds is 5. The minimum Gasteiger partial charge on any atom is -0.462 e. The molecule has 8 nitrogen and oxygen atoms in total. The Bertz CT molecular complexity index is 943. The van der Waals surface area contributed by atoms with Gasteiger partial charge in [0.1, 0.15) is 11.4 Å². The second kappa shape index (κ2) is 7.22. The number of esters is 1. The van der Waals surface area contributed by atoms with Gasteiger partial charge in [-0.1, -0.05) is 18.2 Å². The molecule has 0 aliphatic rings. The van der Waals surface area contributed by atoms with Gasteiger partial charge in [-0.2, -0.15) is 10.2 Å².